The van der Waals surface area contributed by atoms with Crippen molar-refractivity contribution in [2.24, 2.45) is 0 Å². The number of anilines is 2. The molecule has 1 aliphatic heterocycles. The van der Waals surface area contributed by atoms with Gasteiger partial charge >= 0.3 is 6.09 Å². The summed E-state index contributed by atoms with van der Waals surface area (Å²) >= 11 is 0. The van der Waals surface area contributed by atoms with Crippen molar-refractivity contribution in [2.75, 3.05) is 11.9 Å². The van der Waals surface area contributed by atoms with Crippen molar-refractivity contribution >= 4 is 28.4 Å². The molecule has 0 radical (unpaired) electrons. The molecule has 8 nitrogen and oxygen atoms in total. The van der Waals surface area contributed by atoms with Gasteiger partial charge in [0.15, 0.2) is 17.5 Å². The number of nitrogens with zero attached hydrogens (tertiary/aromatic N) is 3. The van der Waals surface area contributed by atoms with E-state index in [-0.39, 0.29) is 23.7 Å². The van der Waals surface area contributed by atoms with Crippen LogP contribution in [0, 0.1) is 5.82 Å². The summed E-state index contributed by atoms with van der Waals surface area (Å²) in [4.78, 5) is 37.0. The number of carbonyl (C=O) groups excluding carboxylic acids is 1. The Morgan fingerprint density at radius 1 is 1.13 bits per heavy atom. The molecule has 3 heterocycles. The number of benzene rings is 2. The molecule has 1 aliphatic carbocycles. The van der Waals surface area contributed by atoms with E-state index in [0.717, 1.165) is 17.3 Å². The van der Waals surface area contributed by atoms with Crippen molar-refractivity contribution in [3.63, 3.8) is 0 Å². The Hall–Kier alpha value is -4.41. The fourth-order valence-corrected chi connectivity index (χ4v) is 4.76. The number of amides is 1. The van der Waals surface area contributed by atoms with Gasteiger partial charge in [-0.3, -0.25) is 4.79 Å². The number of aromatic amines is 1. The highest BCUT2D eigenvalue weighted by atomic mass is 19.3. The Labute approximate surface area is 214 Å². The van der Waals surface area contributed by atoms with Crippen LogP contribution in [0.3, 0.4) is 0 Å². The summed E-state index contributed by atoms with van der Waals surface area (Å²) in [6.07, 6.45) is 0.962. The van der Waals surface area contributed by atoms with E-state index in [9.17, 15) is 22.8 Å². The van der Waals surface area contributed by atoms with Crippen LogP contribution in [-0.4, -0.2) is 44.5 Å². The van der Waals surface area contributed by atoms with Gasteiger partial charge in [0.05, 0.1) is 6.20 Å². The number of carbonyl (C=O) groups is 1. The van der Waals surface area contributed by atoms with E-state index in [1.54, 1.807) is 30.5 Å². The molecule has 6 rings (SSSR count). The number of nitrogens with one attached hydrogen (secondary N) is 2. The fraction of sp³-hybridized carbons (Fsp3) is 0.259. The summed E-state index contributed by atoms with van der Waals surface area (Å²) in [6.45, 7) is 0.681. The number of alkyl halides is 2. The zero-order valence-corrected chi connectivity index (χ0v) is 20.0. The number of ether oxygens (including phenoxy) is 1. The number of rotatable bonds is 4. The molecule has 0 bridgehead atoms. The predicted molar refractivity (Wildman–Crippen MR) is 134 cm³/mol. The zero-order chi connectivity index (χ0) is 26.4. The normalized spacial score (nSPS) is 16.6. The maximum atomic E-state index is 14.6. The zero-order valence-electron chi connectivity index (χ0n) is 20.0. The van der Waals surface area contributed by atoms with Crippen LogP contribution in [0.15, 0.2) is 59.7 Å². The van der Waals surface area contributed by atoms with Crippen LogP contribution in [0.2, 0.25) is 0 Å². The predicted octanol–water partition coefficient (Wildman–Crippen LogP) is 5.16. The number of hydrogen-bond acceptors (Lipinski definition) is 6. The molecule has 1 saturated carbocycles. The van der Waals surface area contributed by atoms with Crippen LogP contribution in [-0.2, 0) is 17.7 Å². The molecule has 2 aromatic carbocycles. The smallest absolute Gasteiger partial charge is 0.410 e. The van der Waals surface area contributed by atoms with E-state index in [4.69, 9.17) is 4.74 Å². The minimum Gasteiger partial charge on any atom is -0.446 e. The lowest BCUT2D eigenvalue weighted by Crippen LogP contribution is -2.46. The maximum absolute atomic E-state index is 14.6. The fourth-order valence-electron chi connectivity index (χ4n) is 4.76. The van der Waals surface area contributed by atoms with Crippen molar-refractivity contribution in [1.82, 2.24) is 19.9 Å². The van der Waals surface area contributed by atoms with Gasteiger partial charge in [-0.05, 0) is 53.3 Å². The van der Waals surface area contributed by atoms with Gasteiger partial charge in [-0.15, -0.1) is 0 Å². The number of hydrogen-bond donors (Lipinski definition) is 2. The van der Waals surface area contributed by atoms with E-state index >= 15 is 0 Å². The Kier molecular flexibility index (Phi) is 5.77. The highest BCUT2D eigenvalue weighted by Gasteiger charge is 2.48. The molecule has 4 aromatic rings. The van der Waals surface area contributed by atoms with Gasteiger partial charge < -0.3 is 19.9 Å². The second kappa shape index (κ2) is 9.16. The van der Waals surface area contributed by atoms with Gasteiger partial charge in [0.1, 0.15) is 6.10 Å². The van der Waals surface area contributed by atoms with Crippen molar-refractivity contribution < 1.29 is 22.7 Å². The molecular weight excluding hydrogens is 499 g/mol. The monoisotopic (exact) mass is 521 g/mol. The average molecular weight is 521 g/mol. The van der Waals surface area contributed by atoms with Gasteiger partial charge in [0.25, 0.3) is 11.5 Å². The summed E-state index contributed by atoms with van der Waals surface area (Å²) in [5.41, 5.74) is 2.86. The van der Waals surface area contributed by atoms with Crippen molar-refractivity contribution in [1.29, 1.82) is 0 Å². The van der Waals surface area contributed by atoms with Crippen LogP contribution in [0.1, 0.15) is 24.0 Å². The third kappa shape index (κ3) is 4.67. The van der Waals surface area contributed by atoms with Gasteiger partial charge in [0.2, 0.25) is 0 Å². The number of H-pyrrole nitrogens is 1. The lowest BCUT2D eigenvalue weighted by molar-refractivity contribution is -0.148. The van der Waals surface area contributed by atoms with Crippen LogP contribution in [0.25, 0.3) is 22.2 Å². The van der Waals surface area contributed by atoms with Crippen LogP contribution >= 0.6 is 0 Å². The highest BCUT2D eigenvalue weighted by Crippen LogP contribution is 2.39. The molecule has 2 aromatic heterocycles. The van der Waals surface area contributed by atoms with Crippen molar-refractivity contribution in [3.8, 4) is 11.4 Å². The van der Waals surface area contributed by atoms with E-state index in [1.165, 1.54) is 4.90 Å². The first kappa shape index (κ1) is 24.0. The van der Waals surface area contributed by atoms with Crippen LogP contribution < -0.4 is 10.9 Å². The first-order valence-corrected chi connectivity index (χ1v) is 12.1. The largest absolute Gasteiger partial charge is 0.446 e. The summed E-state index contributed by atoms with van der Waals surface area (Å²) in [7, 11) is 0. The third-order valence-electron chi connectivity index (χ3n) is 6.84. The Morgan fingerprint density at radius 2 is 1.97 bits per heavy atom. The van der Waals surface area contributed by atoms with Crippen molar-refractivity contribution in [2.45, 2.75) is 37.8 Å². The van der Waals surface area contributed by atoms with Crippen LogP contribution in [0.4, 0.5) is 29.5 Å². The van der Waals surface area contributed by atoms with E-state index in [0.29, 0.717) is 35.0 Å². The summed E-state index contributed by atoms with van der Waals surface area (Å²) in [6, 6.07) is 12.4. The topological polar surface area (TPSA) is 100 Å². The SMILES string of the molecule is O=C(OC1CC(F)(F)C1)N1CCc2ccc(-c3ncc(F)c(Nc4ccc5c(=O)[nH]ccc5c4)n3)cc2C1. The molecule has 2 N–H and O–H groups in total. The maximum Gasteiger partial charge on any atom is 0.410 e. The molecule has 0 spiro atoms. The number of pyridine rings is 1. The van der Waals surface area contributed by atoms with Gasteiger partial charge in [-0.25, -0.2) is 27.9 Å². The quantitative estimate of drug-likeness (QED) is 0.385. The third-order valence-corrected chi connectivity index (χ3v) is 6.84. The first-order chi connectivity index (χ1) is 18.2. The minimum atomic E-state index is -2.76. The number of aromatic nitrogens is 3. The summed E-state index contributed by atoms with van der Waals surface area (Å²) in [5.74, 6) is -3.15. The first-order valence-electron chi connectivity index (χ1n) is 12.1. The Balaban J connectivity index is 1.21. The van der Waals surface area contributed by atoms with Crippen molar-refractivity contribution in [3.05, 3.63) is 82.2 Å². The molecule has 0 atom stereocenters. The molecule has 2 aliphatic rings. The average Bonchev–Trinajstić information content (AvgIpc) is 2.88. The van der Waals surface area contributed by atoms with E-state index in [2.05, 4.69) is 20.3 Å². The van der Waals surface area contributed by atoms with Gasteiger partial charge in [0, 0.05) is 48.8 Å². The standard InChI is InChI=1S/C27H22F3N5O3/c28-22-13-32-23(34-24(22)33-19-3-4-21-16(10-19)5-7-31-25(21)36)17-2-1-15-6-8-35(14-18(15)9-17)26(37)38-20-11-27(29,30)12-20/h1-5,7,9-10,13,20H,6,8,11-12,14H2,(H,31,36)(H,32,33,34). The second-order valence-corrected chi connectivity index (χ2v) is 9.55. The molecule has 1 fully saturated rings. The molecule has 0 saturated heterocycles. The molecule has 38 heavy (non-hydrogen) atoms. The molecule has 194 valence electrons. The number of halogens is 3. The van der Waals surface area contributed by atoms with Gasteiger partial charge in [-0.2, -0.15) is 0 Å². The molecular formula is C27H22F3N5O3. The number of fused-ring (bicyclic) bond motifs is 2. The van der Waals surface area contributed by atoms with Gasteiger partial charge in [-0.1, -0.05) is 12.1 Å². The highest BCUT2D eigenvalue weighted by molar-refractivity contribution is 5.85. The molecule has 1 amide bonds. The Morgan fingerprint density at radius 3 is 2.79 bits per heavy atom. The lowest BCUT2D eigenvalue weighted by atomic mass is 9.91. The second-order valence-electron chi connectivity index (χ2n) is 9.55. The lowest BCUT2D eigenvalue weighted by Gasteiger charge is -2.36. The molecule has 0 unspecified atom stereocenters. The Bertz CT molecular complexity index is 1620. The summed E-state index contributed by atoms with van der Waals surface area (Å²) in [5, 5.41) is 4.16. The minimum absolute atomic E-state index is 0.0283. The van der Waals surface area contributed by atoms with E-state index in [1.807, 2.05) is 18.2 Å². The summed E-state index contributed by atoms with van der Waals surface area (Å²) < 4.78 is 46.0. The molecule has 11 heteroatoms. The van der Waals surface area contributed by atoms with Crippen LogP contribution in [0.5, 0.6) is 0 Å². The van der Waals surface area contributed by atoms with E-state index < -0.39 is 36.8 Å².